The molecule has 0 aliphatic carbocycles. The maximum atomic E-state index is 10.9. The Bertz CT molecular complexity index is 385. The fourth-order valence-corrected chi connectivity index (χ4v) is 2.03. The highest BCUT2D eigenvalue weighted by atomic mass is 16.4. The molecular formula is C13H23N3O2. The summed E-state index contributed by atoms with van der Waals surface area (Å²) in [4.78, 5) is 17.1. The lowest BCUT2D eigenvalue weighted by Crippen LogP contribution is -2.33. The zero-order chi connectivity index (χ0) is 13.7. The lowest BCUT2D eigenvalue weighted by molar-refractivity contribution is -0.138. The van der Waals surface area contributed by atoms with Crippen molar-refractivity contribution in [1.29, 1.82) is 0 Å². The molecule has 0 unspecified atom stereocenters. The number of carboxylic acids is 1. The van der Waals surface area contributed by atoms with Crippen LogP contribution in [0.15, 0.2) is 12.4 Å². The predicted molar refractivity (Wildman–Crippen MR) is 70.4 cm³/mol. The number of imidazole rings is 1. The second-order valence-corrected chi connectivity index (χ2v) is 5.30. The Morgan fingerprint density at radius 3 is 2.61 bits per heavy atom. The molecular weight excluding hydrogens is 230 g/mol. The zero-order valence-electron chi connectivity index (χ0n) is 11.6. The lowest BCUT2D eigenvalue weighted by Gasteiger charge is -2.23. The van der Waals surface area contributed by atoms with Crippen LogP contribution in [0.2, 0.25) is 0 Å². The molecule has 1 N–H and O–H groups in total. The van der Waals surface area contributed by atoms with E-state index in [1.807, 2.05) is 11.1 Å². The maximum Gasteiger partial charge on any atom is 0.317 e. The SMILES string of the molecule is CC(C)CN(CC(=O)O)Cc1nccn1C(C)C. The molecule has 0 fully saturated rings. The third kappa shape index (κ3) is 4.49. The van der Waals surface area contributed by atoms with E-state index < -0.39 is 5.97 Å². The van der Waals surface area contributed by atoms with Gasteiger partial charge in [-0.1, -0.05) is 13.8 Å². The van der Waals surface area contributed by atoms with Crippen LogP contribution in [-0.4, -0.2) is 38.6 Å². The summed E-state index contributed by atoms with van der Waals surface area (Å²) >= 11 is 0. The molecule has 1 heterocycles. The van der Waals surface area contributed by atoms with E-state index in [2.05, 4.69) is 37.2 Å². The van der Waals surface area contributed by atoms with E-state index in [1.54, 1.807) is 6.20 Å². The van der Waals surface area contributed by atoms with Crippen LogP contribution >= 0.6 is 0 Å². The van der Waals surface area contributed by atoms with E-state index in [1.165, 1.54) is 0 Å². The van der Waals surface area contributed by atoms with E-state index >= 15 is 0 Å². The van der Waals surface area contributed by atoms with Crippen molar-refractivity contribution in [2.75, 3.05) is 13.1 Å². The first-order valence-electron chi connectivity index (χ1n) is 6.36. The predicted octanol–water partition coefficient (Wildman–Crippen LogP) is 2.01. The van der Waals surface area contributed by atoms with Crippen molar-refractivity contribution in [2.45, 2.75) is 40.3 Å². The van der Waals surface area contributed by atoms with Gasteiger partial charge in [-0.25, -0.2) is 4.98 Å². The summed E-state index contributed by atoms with van der Waals surface area (Å²) in [5.74, 6) is 0.567. The molecule has 0 aliphatic rings. The van der Waals surface area contributed by atoms with Crippen molar-refractivity contribution in [3.05, 3.63) is 18.2 Å². The van der Waals surface area contributed by atoms with Crippen molar-refractivity contribution in [2.24, 2.45) is 5.92 Å². The molecule has 5 nitrogen and oxygen atoms in total. The average molecular weight is 253 g/mol. The minimum Gasteiger partial charge on any atom is -0.480 e. The maximum absolute atomic E-state index is 10.9. The fourth-order valence-electron chi connectivity index (χ4n) is 2.03. The van der Waals surface area contributed by atoms with Gasteiger partial charge in [0, 0.05) is 25.0 Å². The van der Waals surface area contributed by atoms with Crippen LogP contribution in [-0.2, 0) is 11.3 Å². The van der Waals surface area contributed by atoms with Gasteiger partial charge >= 0.3 is 5.97 Å². The highest BCUT2D eigenvalue weighted by molar-refractivity contribution is 5.69. The molecule has 0 saturated heterocycles. The summed E-state index contributed by atoms with van der Waals surface area (Å²) in [5, 5.41) is 8.94. The monoisotopic (exact) mass is 253 g/mol. The van der Waals surface area contributed by atoms with Crippen LogP contribution in [0, 0.1) is 5.92 Å². The molecule has 5 heteroatoms. The van der Waals surface area contributed by atoms with Gasteiger partial charge in [-0.3, -0.25) is 9.69 Å². The fraction of sp³-hybridized carbons (Fsp3) is 0.692. The van der Waals surface area contributed by atoms with Gasteiger partial charge in [0.1, 0.15) is 5.82 Å². The zero-order valence-corrected chi connectivity index (χ0v) is 11.6. The summed E-state index contributed by atoms with van der Waals surface area (Å²) in [6.45, 7) is 9.76. The topological polar surface area (TPSA) is 58.4 Å². The first kappa shape index (κ1) is 14.7. The van der Waals surface area contributed by atoms with Crippen LogP contribution in [0.3, 0.4) is 0 Å². The first-order chi connectivity index (χ1) is 8.40. The van der Waals surface area contributed by atoms with Crippen molar-refractivity contribution in [1.82, 2.24) is 14.5 Å². The van der Waals surface area contributed by atoms with Gasteiger partial charge in [-0.2, -0.15) is 0 Å². The Morgan fingerprint density at radius 2 is 2.11 bits per heavy atom. The van der Waals surface area contributed by atoms with Crippen molar-refractivity contribution < 1.29 is 9.90 Å². The van der Waals surface area contributed by atoms with Crippen LogP contribution in [0.4, 0.5) is 0 Å². The van der Waals surface area contributed by atoms with E-state index in [0.717, 1.165) is 12.4 Å². The van der Waals surface area contributed by atoms with Gasteiger partial charge in [-0.15, -0.1) is 0 Å². The molecule has 1 rings (SSSR count). The smallest absolute Gasteiger partial charge is 0.317 e. The van der Waals surface area contributed by atoms with Crippen LogP contribution in [0.25, 0.3) is 0 Å². The highest BCUT2D eigenvalue weighted by Crippen LogP contribution is 2.11. The Balaban J connectivity index is 2.75. The minimum atomic E-state index is -0.793. The van der Waals surface area contributed by atoms with Crippen LogP contribution < -0.4 is 0 Å². The van der Waals surface area contributed by atoms with E-state index in [9.17, 15) is 4.79 Å². The summed E-state index contributed by atoms with van der Waals surface area (Å²) in [7, 11) is 0. The van der Waals surface area contributed by atoms with Crippen molar-refractivity contribution in [3.63, 3.8) is 0 Å². The third-order valence-electron chi connectivity index (χ3n) is 2.65. The normalized spacial score (nSPS) is 11.7. The van der Waals surface area contributed by atoms with Crippen molar-refractivity contribution >= 4 is 5.97 Å². The first-order valence-corrected chi connectivity index (χ1v) is 6.36. The standard InChI is InChI=1S/C13H23N3O2/c1-10(2)7-15(9-13(17)18)8-12-14-5-6-16(12)11(3)4/h5-6,10-11H,7-9H2,1-4H3,(H,17,18). The van der Waals surface area contributed by atoms with Gasteiger partial charge in [0.25, 0.3) is 0 Å². The summed E-state index contributed by atoms with van der Waals surface area (Å²) in [6, 6.07) is 0.341. The number of hydrogen-bond acceptors (Lipinski definition) is 3. The highest BCUT2D eigenvalue weighted by Gasteiger charge is 2.15. The molecule has 1 aromatic heterocycles. The molecule has 102 valence electrons. The number of aliphatic carboxylic acids is 1. The van der Waals surface area contributed by atoms with Gasteiger partial charge in [0.05, 0.1) is 13.1 Å². The van der Waals surface area contributed by atoms with E-state index in [4.69, 9.17) is 5.11 Å². The number of carboxylic acid groups (broad SMARTS) is 1. The molecule has 0 saturated carbocycles. The molecule has 0 aliphatic heterocycles. The Kier molecular flexibility index (Phi) is 5.34. The number of nitrogens with zero attached hydrogens (tertiary/aromatic N) is 3. The number of aromatic nitrogens is 2. The molecule has 0 radical (unpaired) electrons. The molecule has 1 aromatic rings. The van der Waals surface area contributed by atoms with Crippen LogP contribution in [0.5, 0.6) is 0 Å². The lowest BCUT2D eigenvalue weighted by atomic mass is 10.2. The van der Waals surface area contributed by atoms with Crippen LogP contribution in [0.1, 0.15) is 39.6 Å². The Labute approximate surface area is 108 Å². The molecule has 0 bridgehead atoms. The molecule has 0 aromatic carbocycles. The largest absolute Gasteiger partial charge is 0.480 e. The number of carbonyl (C=O) groups is 1. The second-order valence-electron chi connectivity index (χ2n) is 5.30. The van der Waals surface area contributed by atoms with Crippen molar-refractivity contribution in [3.8, 4) is 0 Å². The molecule has 0 spiro atoms. The van der Waals surface area contributed by atoms with E-state index in [0.29, 0.717) is 18.5 Å². The van der Waals surface area contributed by atoms with Gasteiger partial charge in [-0.05, 0) is 19.8 Å². The summed E-state index contributed by atoms with van der Waals surface area (Å²) in [6.07, 6.45) is 3.71. The Hall–Kier alpha value is -1.36. The molecule has 0 amide bonds. The third-order valence-corrected chi connectivity index (χ3v) is 2.65. The van der Waals surface area contributed by atoms with Gasteiger partial charge < -0.3 is 9.67 Å². The quantitative estimate of drug-likeness (QED) is 0.807. The summed E-state index contributed by atoms with van der Waals surface area (Å²) in [5.41, 5.74) is 0. The molecule has 0 atom stereocenters. The number of rotatable bonds is 7. The molecule has 18 heavy (non-hydrogen) atoms. The van der Waals surface area contributed by atoms with E-state index in [-0.39, 0.29) is 6.54 Å². The second kappa shape index (κ2) is 6.54. The van der Waals surface area contributed by atoms with Gasteiger partial charge in [0.15, 0.2) is 0 Å². The average Bonchev–Trinajstić information content (AvgIpc) is 2.63. The van der Waals surface area contributed by atoms with Gasteiger partial charge in [0.2, 0.25) is 0 Å². The summed E-state index contributed by atoms with van der Waals surface area (Å²) < 4.78 is 2.08. The number of hydrogen-bond donors (Lipinski definition) is 1. The minimum absolute atomic E-state index is 0.0587. The Morgan fingerprint density at radius 1 is 1.44 bits per heavy atom.